The number of nitrogens with zero attached hydrogens (tertiary/aromatic N) is 3. The Morgan fingerprint density at radius 1 is 1.43 bits per heavy atom. The van der Waals surface area contributed by atoms with Crippen molar-refractivity contribution in [1.29, 1.82) is 0 Å². The molecule has 21 heavy (non-hydrogen) atoms. The lowest BCUT2D eigenvalue weighted by Gasteiger charge is -2.13. The third kappa shape index (κ3) is 4.73. The third-order valence-corrected chi connectivity index (χ3v) is 3.25. The van der Waals surface area contributed by atoms with E-state index in [9.17, 15) is 4.79 Å². The molecule has 2 rings (SSSR count). The number of aromatic nitrogens is 4. The van der Waals surface area contributed by atoms with Gasteiger partial charge in [-0.2, -0.15) is 5.10 Å². The van der Waals surface area contributed by atoms with Gasteiger partial charge in [0.25, 0.3) is 0 Å². The van der Waals surface area contributed by atoms with Crippen molar-refractivity contribution in [2.24, 2.45) is 0 Å². The second kappa shape index (κ2) is 6.56. The van der Waals surface area contributed by atoms with Gasteiger partial charge in [-0.15, -0.1) is 0 Å². The number of amides is 1. The molecular formula is C15H23N5O. The van der Waals surface area contributed by atoms with Gasteiger partial charge < -0.3 is 9.88 Å². The van der Waals surface area contributed by atoms with Crippen LogP contribution in [0, 0.1) is 0 Å². The lowest BCUT2D eigenvalue weighted by Crippen LogP contribution is -2.23. The average molecular weight is 289 g/mol. The van der Waals surface area contributed by atoms with Crippen molar-refractivity contribution in [2.45, 2.75) is 52.1 Å². The number of carbonyl (C=O) groups is 1. The lowest BCUT2D eigenvalue weighted by molar-refractivity contribution is -0.121. The maximum absolute atomic E-state index is 11.8. The van der Waals surface area contributed by atoms with Crippen molar-refractivity contribution < 1.29 is 4.79 Å². The number of H-pyrrole nitrogens is 1. The number of rotatable bonds is 6. The van der Waals surface area contributed by atoms with Crippen molar-refractivity contribution in [1.82, 2.24) is 25.1 Å². The quantitative estimate of drug-likeness (QED) is 0.854. The highest BCUT2D eigenvalue weighted by molar-refractivity contribution is 5.75. The summed E-state index contributed by atoms with van der Waals surface area (Å²) in [6, 6.07) is 2.01. The highest BCUT2D eigenvalue weighted by Crippen LogP contribution is 2.20. The largest absolute Gasteiger partial charge is 0.350 e. The molecule has 0 unspecified atom stereocenters. The van der Waals surface area contributed by atoms with Gasteiger partial charge in [0, 0.05) is 30.8 Å². The van der Waals surface area contributed by atoms with Crippen LogP contribution in [0.25, 0.3) is 0 Å². The first kappa shape index (κ1) is 15.3. The van der Waals surface area contributed by atoms with Crippen molar-refractivity contribution in [3.63, 3.8) is 0 Å². The molecule has 114 valence electrons. The zero-order valence-electron chi connectivity index (χ0n) is 12.9. The van der Waals surface area contributed by atoms with Gasteiger partial charge in [0.15, 0.2) is 0 Å². The number of carbonyl (C=O) groups excluding carboxylic acids is 1. The van der Waals surface area contributed by atoms with Gasteiger partial charge in [0.1, 0.15) is 0 Å². The van der Waals surface area contributed by atoms with E-state index in [1.165, 1.54) is 0 Å². The van der Waals surface area contributed by atoms with E-state index in [-0.39, 0.29) is 11.3 Å². The molecule has 0 bridgehead atoms. The summed E-state index contributed by atoms with van der Waals surface area (Å²) in [7, 11) is 0. The topological polar surface area (TPSA) is 75.6 Å². The van der Waals surface area contributed by atoms with Crippen LogP contribution in [0.15, 0.2) is 24.8 Å². The predicted molar refractivity (Wildman–Crippen MR) is 80.6 cm³/mol. The van der Waals surface area contributed by atoms with Crippen LogP contribution < -0.4 is 5.32 Å². The van der Waals surface area contributed by atoms with Crippen LogP contribution in [0.3, 0.4) is 0 Å². The monoisotopic (exact) mass is 289 g/mol. The average Bonchev–Trinajstić information content (AvgIpc) is 3.06. The molecule has 2 N–H and O–H groups in total. The molecule has 1 amide bonds. The maximum Gasteiger partial charge on any atom is 0.220 e. The summed E-state index contributed by atoms with van der Waals surface area (Å²) in [5, 5.41) is 10.2. The van der Waals surface area contributed by atoms with Crippen LogP contribution in [-0.2, 0) is 23.3 Å². The van der Waals surface area contributed by atoms with Crippen molar-refractivity contribution in [3.05, 3.63) is 36.2 Å². The van der Waals surface area contributed by atoms with Gasteiger partial charge in [-0.1, -0.05) is 20.8 Å². The summed E-state index contributed by atoms with van der Waals surface area (Å²) >= 11 is 0. The van der Waals surface area contributed by atoms with Gasteiger partial charge in [0.05, 0.1) is 24.3 Å². The number of hydrogen-bond donors (Lipinski definition) is 2. The number of aromatic amines is 1. The van der Waals surface area contributed by atoms with Crippen LogP contribution in [0.2, 0.25) is 0 Å². The lowest BCUT2D eigenvalue weighted by atomic mass is 9.92. The first-order chi connectivity index (χ1) is 9.95. The zero-order chi connectivity index (χ0) is 15.3. The van der Waals surface area contributed by atoms with E-state index in [1.54, 1.807) is 12.5 Å². The molecular weight excluding hydrogens is 266 g/mol. The van der Waals surface area contributed by atoms with E-state index in [2.05, 4.69) is 41.3 Å². The van der Waals surface area contributed by atoms with E-state index in [1.807, 2.05) is 16.8 Å². The summed E-state index contributed by atoms with van der Waals surface area (Å²) in [5.74, 6) is 0.0574. The Morgan fingerprint density at radius 3 is 2.86 bits per heavy atom. The minimum atomic E-state index is 0.0174. The van der Waals surface area contributed by atoms with Crippen molar-refractivity contribution in [2.75, 3.05) is 0 Å². The Balaban J connectivity index is 1.70. The number of imidazole rings is 1. The van der Waals surface area contributed by atoms with Gasteiger partial charge in [-0.25, -0.2) is 4.98 Å². The first-order valence-corrected chi connectivity index (χ1v) is 7.22. The Labute approximate surface area is 125 Å². The molecule has 0 aromatic carbocycles. The molecule has 0 saturated carbocycles. The number of nitrogens with one attached hydrogen (secondary N) is 2. The van der Waals surface area contributed by atoms with E-state index in [0.29, 0.717) is 13.0 Å². The highest BCUT2D eigenvalue weighted by Gasteiger charge is 2.17. The Kier molecular flexibility index (Phi) is 4.77. The van der Waals surface area contributed by atoms with Gasteiger partial charge in [0.2, 0.25) is 5.91 Å². The van der Waals surface area contributed by atoms with E-state index in [4.69, 9.17) is 0 Å². The summed E-state index contributed by atoms with van der Waals surface area (Å²) < 4.78 is 1.97. The molecule has 0 aliphatic rings. The van der Waals surface area contributed by atoms with Crippen LogP contribution in [0.5, 0.6) is 0 Å². The second-order valence-corrected chi connectivity index (χ2v) is 6.21. The molecule has 2 heterocycles. The predicted octanol–water partition coefficient (Wildman–Crippen LogP) is 2.00. The molecule has 2 aromatic rings. The molecule has 0 spiro atoms. The molecule has 6 nitrogen and oxygen atoms in total. The molecule has 0 radical (unpaired) electrons. The summed E-state index contributed by atoms with van der Waals surface area (Å²) in [6.45, 7) is 7.64. The van der Waals surface area contributed by atoms with Crippen molar-refractivity contribution in [3.8, 4) is 0 Å². The van der Waals surface area contributed by atoms with E-state index in [0.717, 1.165) is 24.4 Å². The molecule has 6 heteroatoms. The van der Waals surface area contributed by atoms with E-state index >= 15 is 0 Å². The fourth-order valence-electron chi connectivity index (χ4n) is 1.96. The molecule has 0 aliphatic heterocycles. The van der Waals surface area contributed by atoms with Gasteiger partial charge >= 0.3 is 0 Å². The number of aryl methyl sites for hydroxylation is 1. The van der Waals surface area contributed by atoms with Gasteiger partial charge in [-0.05, 0) is 12.5 Å². The minimum Gasteiger partial charge on any atom is -0.350 e. The maximum atomic E-state index is 11.8. The second-order valence-electron chi connectivity index (χ2n) is 6.21. The number of hydrogen-bond acceptors (Lipinski definition) is 3. The third-order valence-electron chi connectivity index (χ3n) is 3.25. The zero-order valence-corrected chi connectivity index (χ0v) is 12.9. The minimum absolute atomic E-state index is 0.0174. The normalized spacial score (nSPS) is 11.6. The van der Waals surface area contributed by atoms with E-state index < -0.39 is 0 Å². The Morgan fingerprint density at radius 2 is 2.24 bits per heavy atom. The van der Waals surface area contributed by atoms with Crippen LogP contribution in [0.1, 0.15) is 45.0 Å². The summed E-state index contributed by atoms with van der Waals surface area (Å²) in [4.78, 5) is 15.7. The fraction of sp³-hybridized carbons (Fsp3) is 0.533. The van der Waals surface area contributed by atoms with Crippen LogP contribution >= 0.6 is 0 Å². The smallest absolute Gasteiger partial charge is 0.220 e. The SMILES string of the molecule is CC(C)(C)c1cc(CNC(=O)CCCn2ccnc2)[nH]n1. The summed E-state index contributed by atoms with van der Waals surface area (Å²) in [5.41, 5.74) is 1.96. The standard InChI is InChI=1S/C15H23N5O/c1-15(2,3)13-9-12(18-19-13)10-17-14(21)5-4-7-20-8-6-16-11-20/h6,8-9,11H,4-5,7,10H2,1-3H3,(H,17,21)(H,18,19). The first-order valence-electron chi connectivity index (χ1n) is 7.22. The Bertz CT molecular complexity index is 565. The molecule has 0 saturated heterocycles. The highest BCUT2D eigenvalue weighted by atomic mass is 16.1. The van der Waals surface area contributed by atoms with Gasteiger partial charge in [-0.3, -0.25) is 9.89 Å². The van der Waals surface area contributed by atoms with Crippen molar-refractivity contribution >= 4 is 5.91 Å². The fourth-order valence-corrected chi connectivity index (χ4v) is 1.96. The van der Waals surface area contributed by atoms with Crippen LogP contribution in [-0.4, -0.2) is 25.7 Å². The molecule has 0 aliphatic carbocycles. The molecule has 0 fully saturated rings. The van der Waals surface area contributed by atoms with Crippen LogP contribution in [0.4, 0.5) is 0 Å². The summed E-state index contributed by atoms with van der Waals surface area (Å²) in [6.07, 6.45) is 6.72. The molecule has 2 aromatic heterocycles. The Hall–Kier alpha value is -2.11. The molecule has 0 atom stereocenters.